The molecule has 0 fully saturated rings. The number of hydrogen-bond donors (Lipinski definition) is 2. The SMILES string of the molecule is Nc1nc(Cl)c2[nH]c(C(F)(F)F)nc2n1. The van der Waals surface area contributed by atoms with Gasteiger partial charge in [-0.3, -0.25) is 0 Å². The van der Waals surface area contributed by atoms with Crippen LogP contribution in [0.2, 0.25) is 5.15 Å². The third-order valence-electron chi connectivity index (χ3n) is 1.59. The third kappa shape index (κ3) is 1.67. The highest BCUT2D eigenvalue weighted by Crippen LogP contribution is 2.29. The number of nitrogens with zero attached hydrogens (tertiary/aromatic N) is 3. The second-order valence-corrected chi connectivity index (χ2v) is 3.01. The number of nitrogens with two attached hydrogens (primary N) is 1. The Morgan fingerprint density at radius 1 is 1.20 bits per heavy atom. The summed E-state index contributed by atoms with van der Waals surface area (Å²) in [6.45, 7) is 0. The van der Waals surface area contributed by atoms with Gasteiger partial charge in [-0.2, -0.15) is 23.1 Å². The minimum absolute atomic E-state index is 0.0850. The van der Waals surface area contributed by atoms with Crippen LogP contribution < -0.4 is 5.73 Å². The summed E-state index contributed by atoms with van der Waals surface area (Å²) in [5, 5.41) is -0.194. The van der Waals surface area contributed by atoms with E-state index in [-0.39, 0.29) is 22.3 Å². The Morgan fingerprint density at radius 3 is 2.47 bits per heavy atom. The molecule has 2 aromatic rings. The number of aromatic amines is 1. The van der Waals surface area contributed by atoms with E-state index >= 15 is 0 Å². The molecule has 2 aromatic heterocycles. The fraction of sp³-hybridized carbons (Fsp3) is 0.167. The molecule has 9 heteroatoms. The molecule has 0 bridgehead atoms. The second kappa shape index (κ2) is 2.96. The van der Waals surface area contributed by atoms with Crippen molar-refractivity contribution in [3.63, 3.8) is 0 Å². The average molecular weight is 238 g/mol. The molecule has 0 unspecified atom stereocenters. The molecule has 0 aliphatic heterocycles. The minimum atomic E-state index is -4.58. The van der Waals surface area contributed by atoms with Crippen LogP contribution in [-0.2, 0) is 6.18 Å². The van der Waals surface area contributed by atoms with Gasteiger partial charge in [0.15, 0.2) is 10.8 Å². The van der Waals surface area contributed by atoms with E-state index in [0.717, 1.165) is 0 Å². The Bertz CT molecular complexity index is 519. The zero-order chi connectivity index (χ0) is 11.2. The van der Waals surface area contributed by atoms with Crippen molar-refractivity contribution in [3.05, 3.63) is 11.0 Å². The zero-order valence-electron chi connectivity index (χ0n) is 6.93. The molecular weight excluding hydrogens is 235 g/mol. The lowest BCUT2D eigenvalue weighted by Gasteiger charge is -1.98. The number of rotatable bonds is 0. The Kier molecular flexibility index (Phi) is 1.97. The molecular formula is C6H3ClF3N5. The lowest BCUT2D eigenvalue weighted by Crippen LogP contribution is -2.06. The summed E-state index contributed by atoms with van der Waals surface area (Å²) in [5.74, 6) is -1.41. The highest BCUT2D eigenvalue weighted by molar-refractivity contribution is 6.33. The molecule has 5 nitrogen and oxygen atoms in total. The van der Waals surface area contributed by atoms with E-state index in [1.165, 1.54) is 0 Å². The van der Waals surface area contributed by atoms with Crippen LogP contribution in [0.5, 0.6) is 0 Å². The largest absolute Gasteiger partial charge is 0.449 e. The van der Waals surface area contributed by atoms with Crippen LogP contribution in [0.4, 0.5) is 19.1 Å². The van der Waals surface area contributed by atoms with E-state index in [2.05, 4.69) is 15.0 Å². The van der Waals surface area contributed by atoms with Gasteiger partial charge in [0.25, 0.3) is 0 Å². The van der Waals surface area contributed by atoms with Gasteiger partial charge in [-0.05, 0) is 0 Å². The van der Waals surface area contributed by atoms with Crippen molar-refractivity contribution in [2.24, 2.45) is 0 Å². The summed E-state index contributed by atoms with van der Waals surface area (Å²) >= 11 is 5.56. The number of anilines is 1. The molecule has 2 rings (SSSR count). The van der Waals surface area contributed by atoms with E-state index in [1.54, 1.807) is 0 Å². The van der Waals surface area contributed by atoms with E-state index in [1.807, 2.05) is 4.98 Å². The van der Waals surface area contributed by atoms with E-state index in [4.69, 9.17) is 17.3 Å². The average Bonchev–Trinajstić information content (AvgIpc) is 2.46. The van der Waals surface area contributed by atoms with Crippen molar-refractivity contribution in [2.45, 2.75) is 6.18 Å². The summed E-state index contributed by atoms with van der Waals surface area (Å²) in [6, 6.07) is 0. The summed E-state index contributed by atoms with van der Waals surface area (Å²) in [7, 11) is 0. The molecule has 2 heterocycles. The topological polar surface area (TPSA) is 80.5 Å². The van der Waals surface area contributed by atoms with Gasteiger partial charge < -0.3 is 10.7 Å². The molecule has 0 aliphatic rings. The number of hydrogen-bond acceptors (Lipinski definition) is 4. The molecule has 80 valence electrons. The fourth-order valence-electron chi connectivity index (χ4n) is 1.01. The Labute approximate surface area is 85.5 Å². The summed E-state index contributed by atoms with van der Waals surface area (Å²) in [6.07, 6.45) is -4.58. The predicted molar refractivity (Wildman–Crippen MR) is 46.1 cm³/mol. The van der Waals surface area contributed by atoms with Crippen LogP contribution in [0, 0.1) is 0 Å². The number of nitrogen functional groups attached to an aromatic ring is 1. The van der Waals surface area contributed by atoms with Crippen LogP contribution in [-0.4, -0.2) is 19.9 Å². The smallest absolute Gasteiger partial charge is 0.368 e. The highest BCUT2D eigenvalue weighted by atomic mass is 35.5. The summed E-state index contributed by atoms with van der Waals surface area (Å²) in [4.78, 5) is 12.2. The zero-order valence-corrected chi connectivity index (χ0v) is 7.69. The molecule has 0 amide bonds. The Morgan fingerprint density at radius 2 is 1.87 bits per heavy atom. The normalized spacial score (nSPS) is 12.3. The first-order valence-corrected chi connectivity index (χ1v) is 4.01. The van der Waals surface area contributed by atoms with Gasteiger partial charge in [-0.25, -0.2) is 4.98 Å². The van der Waals surface area contributed by atoms with Gasteiger partial charge in [-0.1, -0.05) is 11.6 Å². The molecule has 0 aliphatic carbocycles. The number of aromatic nitrogens is 4. The maximum absolute atomic E-state index is 12.2. The van der Waals surface area contributed by atoms with Crippen molar-refractivity contribution in [3.8, 4) is 0 Å². The first kappa shape index (κ1) is 9.97. The van der Waals surface area contributed by atoms with Crippen LogP contribution in [0.1, 0.15) is 5.82 Å². The number of H-pyrrole nitrogens is 1. The van der Waals surface area contributed by atoms with Crippen molar-refractivity contribution in [2.75, 3.05) is 5.73 Å². The highest BCUT2D eigenvalue weighted by Gasteiger charge is 2.35. The Balaban J connectivity index is 2.71. The molecule has 3 N–H and O–H groups in total. The van der Waals surface area contributed by atoms with Crippen molar-refractivity contribution in [1.29, 1.82) is 0 Å². The Hall–Kier alpha value is -1.57. The summed E-state index contributed by atoms with van der Waals surface area (Å²) < 4.78 is 36.7. The third-order valence-corrected chi connectivity index (χ3v) is 1.87. The van der Waals surface area contributed by atoms with E-state index in [9.17, 15) is 13.2 Å². The van der Waals surface area contributed by atoms with E-state index < -0.39 is 12.0 Å². The first-order valence-electron chi connectivity index (χ1n) is 3.64. The summed E-state index contributed by atoms with van der Waals surface area (Å²) in [5.41, 5.74) is 4.91. The molecule has 0 spiro atoms. The molecule has 0 saturated heterocycles. The van der Waals surface area contributed by atoms with Crippen LogP contribution in [0.25, 0.3) is 11.2 Å². The maximum Gasteiger partial charge on any atom is 0.449 e. The van der Waals surface area contributed by atoms with Crippen molar-refractivity contribution < 1.29 is 13.2 Å². The first-order chi connectivity index (χ1) is 6.88. The predicted octanol–water partition coefficient (Wildman–Crippen LogP) is 1.61. The van der Waals surface area contributed by atoms with E-state index in [0.29, 0.717) is 0 Å². The van der Waals surface area contributed by atoms with Crippen molar-refractivity contribution in [1.82, 2.24) is 19.9 Å². The lowest BCUT2D eigenvalue weighted by molar-refractivity contribution is -0.144. The van der Waals surface area contributed by atoms with Gasteiger partial charge in [0.1, 0.15) is 5.52 Å². The fourth-order valence-corrected chi connectivity index (χ4v) is 1.23. The van der Waals surface area contributed by atoms with Crippen LogP contribution in [0.3, 0.4) is 0 Å². The number of imidazole rings is 1. The molecule has 0 atom stereocenters. The van der Waals surface area contributed by atoms with Gasteiger partial charge in [0, 0.05) is 0 Å². The lowest BCUT2D eigenvalue weighted by atomic mass is 10.5. The number of alkyl halides is 3. The monoisotopic (exact) mass is 237 g/mol. The number of fused-ring (bicyclic) bond motifs is 1. The standard InChI is InChI=1S/C6H3ClF3N5/c7-2-1-3(15-5(11)13-2)14-4(12-1)6(8,9)10/h(H3,11,12,13,14,15). The van der Waals surface area contributed by atoms with Crippen LogP contribution >= 0.6 is 11.6 Å². The van der Waals surface area contributed by atoms with Crippen LogP contribution in [0.15, 0.2) is 0 Å². The molecule has 0 aromatic carbocycles. The minimum Gasteiger partial charge on any atom is -0.368 e. The van der Waals surface area contributed by atoms with Gasteiger partial charge in [-0.15, -0.1) is 0 Å². The second-order valence-electron chi connectivity index (χ2n) is 2.65. The van der Waals surface area contributed by atoms with Gasteiger partial charge >= 0.3 is 6.18 Å². The number of halogens is 4. The van der Waals surface area contributed by atoms with Gasteiger partial charge in [0.05, 0.1) is 0 Å². The van der Waals surface area contributed by atoms with Gasteiger partial charge in [0.2, 0.25) is 11.8 Å². The number of nitrogens with one attached hydrogen (secondary N) is 1. The molecule has 0 radical (unpaired) electrons. The quantitative estimate of drug-likeness (QED) is 0.682. The maximum atomic E-state index is 12.2. The molecule has 0 saturated carbocycles. The molecule has 15 heavy (non-hydrogen) atoms. The van der Waals surface area contributed by atoms with Crippen molar-refractivity contribution >= 4 is 28.7 Å².